The molecule has 3 rings (SSSR count). The van der Waals surface area contributed by atoms with Crippen molar-refractivity contribution in [1.82, 2.24) is 24.7 Å². The number of benzene rings is 1. The quantitative estimate of drug-likeness (QED) is 0.325. The van der Waals surface area contributed by atoms with Gasteiger partial charge >= 0.3 is 0 Å². The molecule has 0 spiro atoms. The van der Waals surface area contributed by atoms with Gasteiger partial charge in [0.25, 0.3) is 0 Å². The van der Waals surface area contributed by atoms with Crippen LogP contribution in [0.15, 0.2) is 41.8 Å². The van der Waals surface area contributed by atoms with Crippen molar-refractivity contribution in [2.24, 2.45) is 4.99 Å². The summed E-state index contributed by atoms with van der Waals surface area (Å²) in [6, 6.07) is 5.22. The summed E-state index contributed by atoms with van der Waals surface area (Å²) in [4.78, 5) is 12.8. The zero-order valence-corrected chi connectivity index (χ0v) is 24.2. The van der Waals surface area contributed by atoms with Crippen LogP contribution in [-0.2, 0) is 14.8 Å². The first-order valence-corrected chi connectivity index (χ1v) is 13.9. The summed E-state index contributed by atoms with van der Waals surface area (Å²) in [5.41, 5.74) is 1.89. The van der Waals surface area contributed by atoms with Gasteiger partial charge in [-0.25, -0.2) is 18.4 Å². The molecule has 0 fully saturated rings. The second-order valence-corrected chi connectivity index (χ2v) is 11.0. The molecular formula is C26H35N7O5S. The number of allylic oxidation sites excluding steroid dienone is 1. The van der Waals surface area contributed by atoms with Crippen molar-refractivity contribution in [2.45, 2.75) is 59.0 Å². The number of nitrogens with one attached hydrogen (secondary N) is 1. The van der Waals surface area contributed by atoms with Gasteiger partial charge in [-0.3, -0.25) is 14.3 Å². The standard InChI is InChI=1S/C26H35N7O5S/c1-9-27-15-18(5)25-30-31-26(33(25)22-20(36-7)11-10-12-21(22)37-8)32-39(34,35)19(6)23(38-16(2)3)24-28-13-17(4)14-29-24/h9-16,19,23H,1-8H3,(H,31,32)/b18-15+,27-9?/t19-,23-/m1/s1. The van der Waals surface area contributed by atoms with Crippen molar-refractivity contribution in [3.8, 4) is 17.2 Å². The Bertz CT molecular complexity index is 1410. The number of para-hydroxylation sites is 1. The summed E-state index contributed by atoms with van der Waals surface area (Å²) in [7, 11) is -1.11. The largest absolute Gasteiger partial charge is 0.494 e. The summed E-state index contributed by atoms with van der Waals surface area (Å²) in [5, 5.41) is 7.37. The number of aryl methyl sites for hydroxylation is 1. The highest BCUT2D eigenvalue weighted by Gasteiger charge is 2.36. The van der Waals surface area contributed by atoms with Gasteiger partial charge in [-0.1, -0.05) is 6.07 Å². The van der Waals surface area contributed by atoms with E-state index in [4.69, 9.17) is 14.2 Å². The van der Waals surface area contributed by atoms with Crippen LogP contribution in [0.5, 0.6) is 11.5 Å². The van der Waals surface area contributed by atoms with Crippen LogP contribution in [0, 0.1) is 6.92 Å². The predicted octanol–water partition coefficient (Wildman–Crippen LogP) is 4.13. The van der Waals surface area contributed by atoms with Crippen LogP contribution in [0.1, 0.15) is 57.9 Å². The highest BCUT2D eigenvalue weighted by Crippen LogP contribution is 2.37. The van der Waals surface area contributed by atoms with E-state index in [1.165, 1.54) is 25.7 Å². The fourth-order valence-electron chi connectivity index (χ4n) is 3.72. The molecule has 1 aromatic carbocycles. The minimum absolute atomic E-state index is 0.0685. The SMILES string of the molecule is CC=N/C=C(\C)c1nnc(NS(=O)(=O)[C@H](C)[C@@H](OC(C)C)c2ncc(C)cn2)n1-c1c(OC)cccc1OC. The first kappa shape index (κ1) is 29.7. The van der Waals surface area contributed by atoms with E-state index in [-0.39, 0.29) is 17.9 Å². The monoisotopic (exact) mass is 557 g/mol. The van der Waals surface area contributed by atoms with Crippen molar-refractivity contribution in [1.29, 1.82) is 0 Å². The Hall–Kier alpha value is -3.84. The lowest BCUT2D eigenvalue weighted by Gasteiger charge is -2.25. The number of sulfonamides is 1. The molecular weight excluding hydrogens is 522 g/mol. The number of aliphatic imine (C=N–C) groups is 1. The second-order valence-electron chi connectivity index (χ2n) is 8.99. The van der Waals surface area contributed by atoms with Crippen molar-refractivity contribution in [3.05, 3.63) is 54.0 Å². The molecule has 2 atom stereocenters. The Balaban J connectivity index is 2.16. The zero-order chi connectivity index (χ0) is 28.7. The molecule has 0 saturated carbocycles. The fraction of sp³-hybridized carbons (Fsp3) is 0.423. The molecule has 2 heterocycles. The van der Waals surface area contributed by atoms with Crippen molar-refractivity contribution in [2.75, 3.05) is 18.9 Å². The van der Waals surface area contributed by atoms with E-state index >= 15 is 0 Å². The fourth-order valence-corrected chi connectivity index (χ4v) is 4.80. The van der Waals surface area contributed by atoms with E-state index in [2.05, 4.69) is 29.9 Å². The summed E-state index contributed by atoms with van der Waals surface area (Å²) in [6.07, 6.45) is 5.25. The smallest absolute Gasteiger partial charge is 0.243 e. The second kappa shape index (κ2) is 12.8. The number of nitrogens with zero attached hydrogens (tertiary/aromatic N) is 6. The summed E-state index contributed by atoms with van der Waals surface area (Å²) >= 11 is 0. The third-order valence-corrected chi connectivity index (χ3v) is 7.38. The van der Waals surface area contributed by atoms with Gasteiger partial charge in [0.05, 0.1) is 20.3 Å². The highest BCUT2D eigenvalue weighted by atomic mass is 32.2. The summed E-state index contributed by atoms with van der Waals surface area (Å²) in [6.45, 7) is 10.6. The minimum atomic E-state index is -4.12. The molecule has 2 aromatic heterocycles. The average molecular weight is 558 g/mol. The van der Waals surface area contributed by atoms with E-state index in [1.54, 1.807) is 56.9 Å². The number of hydrogen-bond acceptors (Lipinski definition) is 10. The average Bonchev–Trinajstić information content (AvgIpc) is 3.32. The number of ether oxygens (including phenoxy) is 3. The van der Waals surface area contributed by atoms with E-state index in [0.29, 0.717) is 28.6 Å². The normalized spacial score (nSPS) is 14.0. The van der Waals surface area contributed by atoms with Gasteiger partial charge < -0.3 is 14.2 Å². The molecule has 0 saturated heterocycles. The maximum absolute atomic E-state index is 13.8. The van der Waals surface area contributed by atoms with E-state index in [9.17, 15) is 8.42 Å². The molecule has 0 amide bonds. The first-order chi connectivity index (χ1) is 18.5. The van der Waals surface area contributed by atoms with Crippen LogP contribution >= 0.6 is 0 Å². The number of rotatable bonds is 12. The maximum atomic E-state index is 13.8. The molecule has 1 N–H and O–H groups in total. The molecule has 3 aromatic rings. The van der Waals surface area contributed by atoms with E-state index in [0.717, 1.165) is 5.56 Å². The van der Waals surface area contributed by atoms with Crippen molar-refractivity contribution in [3.63, 3.8) is 0 Å². The maximum Gasteiger partial charge on any atom is 0.243 e. The Morgan fingerprint density at radius 3 is 2.23 bits per heavy atom. The van der Waals surface area contributed by atoms with Crippen molar-refractivity contribution >= 4 is 27.8 Å². The van der Waals surface area contributed by atoms with Gasteiger partial charge in [-0.2, -0.15) is 0 Å². The third kappa shape index (κ3) is 6.79. The topological polar surface area (TPSA) is 143 Å². The lowest BCUT2D eigenvalue weighted by atomic mass is 10.2. The molecule has 0 radical (unpaired) electrons. The molecule has 0 aliphatic carbocycles. The summed E-state index contributed by atoms with van der Waals surface area (Å²) in [5.74, 6) is 1.37. The number of aromatic nitrogens is 5. The molecule has 39 heavy (non-hydrogen) atoms. The molecule has 0 bridgehead atoms. The van der Waals surface area contributed by atoms with Gasteiger partial charge in [-0.05, 0) is 59.2 Å². The molecule has 0 aliphatic rings. The van der Waals surface area contributed by atoms with Gasteiger partial charge in [-0.15, -0.1) is 10.2 Å². The van der Waals surface area contributed by atoms with Gasteiger partial charge in [0.2, 0.25) is 16.0 Å². The number of hydrogen-bond donors (Lipinski definition) is 1. The predicted molar refractivity (Wildman–Crippen MR) is 150 cm³/mol. The Kier molecular flexibility index (Phi) is 9.76. The van der Waals surface area contributed by atoms with Gasteiger partial charge in [0.15, 0.2) is 11.6 Å². The number of anilines is 1. The minimum Gasteiger partial charge on any atom is -0.494 e. The highest BCUT2D eigenvalue weighted by molar-refractivity contribution is 7.93. The lowest BCUT2D eigenvalue weighted by molar-refractivity contribution is 0.00152. The first-order valence-electron chi connectivity index (χ1n) is 12.3. The van der Waals surface area contributed by atoms with Crippen LogP contribution in [0.2, 0.25) is 0 Å². The van der Waals surface area contributed by atoms with Crippen LogP contribution < -0.4 is 14.2 Å². The molecule has 210 valence electrons. The van der Waals surface area contributed by atoms with E-state index in [1.807, 2.05) is 20.8 Å². The lowest BCUT2D eigenvalue weighted by Crippen LogP contribution is -2.35. The van der Waals surface area contributed by atoms with Crippen LogP contribution in [-0.4, -0.2) is 64.9 Å². The van der Waals surface area contributed by atoms with Crippen LogP contribution in [0.25, 0.3) is 11.3 Å². The van der Waals surface area contributed by atoms with Crippen molar-refractivity contribution < 1.29 is 22.6 Å². The molecule has 0 unspecified atom stereocenters. The molecule has 12 nitrogen and oxygen atoms in total. The van der Waals surface area contributed by atoms with Gasteiger partial charge in [0.1, 0.15) is 28.5 Å². The Morgan fingerprint density at radius 1 is 1.08 bits per heavy atom. The zero-order valence-electron chi connectivity index (χ0n) is 23.4. The number of methoxy groups -OCH3 is 2. The van der Waals surface area contributed by atoms with Crippen LogP contribution in [0.3, 0.4) is 0 Å². The van der Waals surface area contributed by atoms with E-state index < -0.39 is 21.4 Å². The molecule has 13 heteroatoms. The summed E-state index contributed by atoms with van der Waals surface area (Å²) < 4.78 is 48.9. The molecule has 0 aliphatic heterocycles. The Labute approximate surface area is 229 Å². The Morgan fingerprint density at radius 2 is 1.69 bits per heavy atom. The third-order valence-electron chi connectivity index (χ3n) is 5.68. The van der Waals surface area contributed by atoms with Crippen LogP contribution in [0.4, 0.5) is 5.95 Å². The van der Waals surface area contributed by atoms with Gasteiger partial charge in [0, 0.05) is 30.4 Å².